The molecule has 0 saturated carbocycles. The van der Waals surface area contributed by atoms with Gasteiger partial charge in [0.2, 0.25) is 0 Å². The van der Waals surface area contributed by atoms with E-state index < -0.39 is 11.8 Å². The molecule has 6 nitrogen and oxygen atoms in total. The van der Waals surface area contributed by atoms with Gasteiger partial charge in [-0.1, -0.05) is 36.4 Å². The average molecular weight is 412 g/mol. The Morgan fingerprint density at radius 3 is 1.80 bits per heavy atom. The third-order valence-corrected chi connectivity index (χ3v) is 5.14. The fourth-order valence-corrected chi connectivity index (χ4v) is 3.67. The van der Waals surface area contributed by atoms with E-state index in [9.17, 15) is 4.79 Å². The summed E-state index contributed by atoms with van der Waals surface area (Å²) in [5.41, 5.74) is 2.06. The maximum atomic E-state index is 11.6. The molecular weight excluding hydrogens is 384 g/mol. The SMILES string of the molecule is COC(=O)/C=C/C1(C)O[C@@H](Cc2ccccc2OC)[C@H](Cc2ccccc2OC)O1. The van der Waals surface area contributed by atoms with Gasteiger partial charge >= 0.3 is 5.97 Å². The Balaban J connectivity index is 1.87. The van der Waals surface area contributed by atoms with Crippen molar-refractivity contribution in [2.24, 2.45) is 0 Å². The molecule has 1 saturated heterocycles. The molecule has 0 aliphatic carbocycles. The van der Waals surface area contributed by atoms with Crippen LogP contribution in [-0.4, -0.2) is 45.3 Å². The number of hydrogen-bond donors (Lipinski definition) is 0. The van der Waals surface area contributed by atoms with Gasteiger partial charge in [0.25, 0.3) is 0 Å². The van der Waals surface area contributed by atoms with Gasteiger partial charge in [0.1, 0.15) is 11.5 Å². The molecular formula is C24H28O6. The van der Waals surface area contributed by atoms with Crippen LogP contribution in [-0.2, 0) is 31.8 Å². The largest absolute Gasteiger partial charge is 0.496 e. The summed E-state index contributed by atoms with van der Waals surface area (Å²) < 4.78 is 28.3. The minimum absolute atomic E-state index is 0.251. The third-order valence-electron chi connectivity index (χ3n) is 5.14. The third kappa shape index (κ3) is 5.20. The first kappa shape index (κ1) is 21.9. The standard InChI is InChI=1S/C24H28O6/c1-24(14-13-23(25)28-4)29-21(15-17-9-5-7-11-19(17)26-2)22(30-24)16-18-10-6-8-12-20(18)27-3/h5-14,21-22H,15-16H2,1-4H3/b14-13+/t21-,22-/m0/s1. The number of rotatable bonds is 8. The number of esters is 1. The molecule has 1 heterocycles. The molecule has 0 unspecified atom stereocenters. The second-order valence-electron chi connectivity index (χ2n) is 7.22. The van der Waals surface area contributed by atoms with Gasteiger partial charge in [-0.05, 0) is 36.3 Å². The van der Waals surface area contributed by atoms with Gasteiger partial charge in [-0.3, -0.25) is 0 Å². The van der Waals surface area contributed by atoms with Gasteiger partial charge in [0.05, 0.1) is 33.5 Å². The van der Waals surface area contributed by atoms with E-state index in [0.717, 1.165) is 22.6 Å². The number of hydrogen-bond acceptors (Lipinski definition) is 6. The number of benzene rings is 2. The Bertz CT molecular complexity index is 833. The monoisotopic (exact) mass is 412 g/mol. The summed E-state index contributed by atoms with van der Waals surface area (Å²) in [5, 5.41) is 0. The normalized spacial score (nSPS) is 20.3. The fraction of sp³-hybridized carbons (Fsp3) is 0.375. The molecule has 0 radical (unpaired) electrons. The molecule has 0 N–H and O–H groups in total. The summed E-state index contributed by atoms with van der Waals surface area (Å²) in [6.45, 7) is 1.80. The molecule has 2 aromatic rings. The minimum atomic E-state index is -1.05. The van der Waals surface area contributed by atoms with Crippen LogP contribution in [0.25, 0.3) is 0 Å². The highest BCUT2D eigenvalue weighted by molar-refractivity contribution is 5.81. The average Bonchev–Trinajstić information content (AvgIpc) is 3.08. The second-order valence-corrected chi connectivity index (χ2v) is 7.22. The number of carbonyl (C=O) groups is 1. The predicted octanol–water partition coefficient (Wildman–Crippen LogP) is 3.72. The quantitative estimate of drug-likeness (QED) is 0.486. The number of carbonyl (C=O) groups excluding carboxylic acids is 1. The molecule has 1 fully saturated rings. The van der Waals surface area contributed by atoms with E-state index in [1.807, 2.05) is 48.5 Å². The van der Waals surface area contributed by atoms with Crippen molar-refractivity contribution in [3.8, 4) is 11.5 Å². The van der Waals surface area contributed by atoms with Crippen LogP contribution >= 0.6 is 0 Å². The summed E-state index contributed by atoms with van der Waals surface area (Å²) >= 11 is 0. The zero-order valence-electron chi connectivity index (χ0n) is 17.8. The van der Waals surface area contributed by atoms with E-state index in [-0.39, 0.29) is 12.2 Å². The Morgan fingerprint density at radius 2 is 1.37 bits per heavy atom. The summed E-state index contributed by atoms with van der Waals surface area (Å²) in [4.78, 5) is 11.6. The molecule has 2 atom stereocenters. The van der Waals surface area contributed by atoms with Crippen LogP contribution in [0.5, 0.6) is 11.5 Å². The van der Waals surface area contributed by atoms with Crippen molar-refractivity contribution in [1.29, 1.82) is 0 Å². The van der Waals surface area contributed by atoms with Gasteiger partial charge < -0.3 is 23.7 Å². The Morgan fingerprint density at radius 1 is 0.900 bits per heavy atom. The number of ether oxygens (including phenoxy) is 5. The van der Waals surface area contributed by atoms with Crippen LogP contribution in [0.4, 0.5) is 0 Å². The smallest absolute Gasteiger partial charge is 0.330 e. The van der Waals surface area contributed by atoms with Crippen molar-refractivity contribution in [3.63, 3.8) is 0 Å². The fourth-order valence-electron chi connectivity index (χ4n) is 3.67. The lowest BCUT2D eigenvalue weighted by Crippen LogP contribution is -2.27. The van der Waals surface area contributed by atoms with E-state index in [1.54, 1.807) is 27.2 Å². The molecule has 6 heteroatoms. The van der Waals surface area contributed by atoms with Gasteiger partial charge in [0.15, 0.2) is 5.79 Å². The highest BCUT2D eigenvalue weighted by atomic mass is 16.8. The number of methoxy groups -OCH3 is 3. The summed E-state index contributed by atoms with van der Waals surface area (Å²) in [6, 6.07) is 15.7. The summed E-state index contributed by atoms with van der Waals surface area (Å²) in [5.74, 6) is 0.0951. The molecule has 0 amide bonds. The van der Waals surface area contributed by atoms with Crippen LogP contribution < -0.4 is 9.47 Å². The zero-order valence-corrected chi connectivity index (χ0v) is 17.8. The van der Waals surface area contributed by atoms with Crippen molar-refractivity contribution in [1.82, 2.24) is 0 Å². The number of para-hydroxylation sites is 2. The zero-order chi connectivity index (χ0) is 21.6. The van der Waals surface area contributed by atoms with Crippen LogP contribution in [0, 0.1) is 0 Å². The van der Waals surface area contributed by atoms with Crippen molar-refractivity contribution in [2.45, 2.75) is 37.8 Å². The van der Waals surface area contributed by atoms with Crippen molar-refractivity contribution >= 4 is 5.97 Å². The van der Waals surface area contributed by atoms with Gasteiger partial charge in [-0.25, -0.2) is 4.79 Å². The molecule has 0 bridgehead atoms. The predicted molar refractivity (Wildman–Crippen MR) is 113 cm³/mol. The molecule has 0 aromatic heterocycles. The first-order valence-electron chi connectivity index (χ1n) is 9.84. The van der Waals surface area contributed by atoms with Gasteiger partial charge in [-0.2, -0.15) is 0 Å². The highest BCUT2D eigenvalue weighted by Crippen LogP contribution is 2.36. The molecule has 1 aliphatic rings. The lowest BCUT2D eigenvalue weighted by atomic mass is 9.97. The molecule has 0 spiro atoms. The first-order chi connectivity index (χ1) is 14.5. The van der Waals surface area contributed by atoms with Crippen molar-refractivity contribution in [2.75, 3.05) is 21.3 Å². The topological polar surface area (TPSA) is 63.2 Å². The Labute approximate surface area is 177 Å². The van der Waals surface area contributed by atoms with Gasteiger partial charge in [0, 0.05) is 18.9 Å². The van der Waals surface area contributed by atoms with Crippen LogP contribution in [0.1, 0.15) is 18.1 Å². The Hall–Kier alpha value is -2.83. The van der Waals surface area contributed by atoms with Crippen molar-refractivity contribution in [3.05, 3.63) is 71.8 Å². The summed E-state index contributed by atoms with van der Waals surface area (Å²) in [7, 11) is 4.64. The molecule has 2 aromatic carbocycles. The maximum absolute atomic E-state index is 11.6. The van der Waals surface area contributed by atoms with Crippen LogP contribution in [0.3, 0.4) is 0 Å². The van der Waals surface area contributed by atoms with E-state index in [0.29, 0.717) is 12.8 Å². The first-order valence-corrected chi connectivity index (χ1v) is 9.84. The molecule has 30 heavy (non-hydrogen) atoms. The molecule has 160 valence electrons. The van der Waals surface area contributed by atoms with Gasteiger partial charge in [-0.15, -0.1) is 0 Å². The lowest BCUT2D eigenvalue weighted by Gasteiger charge is -2.19. The molecule has 3 rings (SSSR count). The highest BCUT2D eigenvalue weighted by Gasteiger charge is 2.43. The van der Waals surface area contributed by atoms with Crippen LogP contribution in [0.2, 0.25) is 0 Å². The summed E-state index contributed by atoms with van der Waals surface area (Å²) in [6.07, 6.45) is 3.62. The van der Waals surface area contributed by atoms with Crippen LogP contribution in [0.15, 0.2) is 60.7 Å². The Kier molecular flexibility index (Phi) is 7.13. The molecule has 1 aliphatic heterocycles. The maximum Gasteiger partial charge on any atom is 0.330 e. The van der Waals surface area contributed by atoms with E-state index >= 15 is 0 Å². The van der Waals surface area contributed by atoms with E-state index in [1.165, 1.54) is 13.2 Å². The second kappa shape index (κ2) is 9.78. The lowest BCUT2D eigenvalue weighted by molar-refractivity contribution is -0.136. The van der Waals surface area contributed by atoms with Crippen molar-refractivity contribution < 1.29 is 28.5 Å². The van der Waals surface area contributed by atoms with E-state index in [2.05, 4.69) is 0 Å². The minimum Gasteiger partial charge on any atom is -0.496 e. The van der Waals surface area contributed by atoms with E-state index in [4.69, 9.17) is 23.7 Å².